The molecule has 27 heavy (non-hydrogen) atoms. The van der Waals surface area contributed by atoms with Crippen LogP contribution in [-0.4, -0.2) is 44.7 Å². The minimum Gasteiger partial charge on any atom is -0.307 e. The normalized spacial score (nSPS) is 18.5. The Balaban J connectivity index is 1.43. The molecule has 0 saturated carbocycles. The van der Waals surface area contributed by atoms with Gasteiger partial charge in [0.15, 0.2) is 0 Å². The zero-order valence-corrected chi connectivity index (χ0v) is 16.5. The summed E-state index contributed by atoms with van der Waals surface area (Å²) in [4.78, 5) is 14.6. The number of rotatable bonds is 6. The van der Waals surface area contributed by atoms with E-state index >= 15 is 0 Å². The second-order valence-electron chi connectivity index (χ2n) is 7.93. The van der Waals surface area contributed by atoms with Crippen LogP contribution in [0.1, 0.15) is 41.5 Å². The third kappa shape index (κ3) is 4.04. The average molecular weight is 390 g/mol. The fourth-order valence-electron chi connectivity index (χ4n) is 4.45. The minimum absolute atomic E-state index is 0.220. The molecule has 1 aliphatic heterocycles. The smallest absolute Gasteiger partial charge is 0.307 e. The quantitative estimate of drug-likeness (QED) is 0.732. The van der Waals surface area contributed by atoms with E-state index < -0.39 is 16.1 Å². The molecule has 0 aromatic heterocycles. The number of amides is 2. The first-order chi connectivity index (χ1) is 12.9. The van der Waals surface area contributed by atoms with E-state index in [0.29, 0.717) is 12.1 Å². The van der Waals surface area contributed by atoms with Gasteiger partial charge in [-0.25, -0.2) is 17.9 Å². The predicted octanol–water partition coefficient (Wildman–Crippen LogP) is 2.38. The van der Waals surface area contributed by atoms with Crippen molar-refractivity contribution in [2.24, 2.45) is 0 Å². The summed E-state index contributed by atoms with van der Waals surface area (Å²) in [6.07, 6.45) is 7.27. The Morgan fingerprint density at radius 3 is 2.22 bits per heavy atom. The molecule has 2 N–H and O–H groups in total. The van der Waals surface area contributed by atoms with Crippen molar-refractivity contribution in [2.45, 2.75) is 44.9 Å². The van der Waals surface area contributed by atoms with Crippen molar-refractivity contribution in [1.29, 1.82) is 0 Å². The molecule has 0 spiro atoms. The average Bonchev–Trinajstić information content (AvgIpc) is 3.18. The largest absolute Gasteiger partial charge is 0.332 e. The van der Waals surface area contributed by atoms with Gasteiger partial charge in [0.25, 0.3) is 0 Å². The molecule has 4 rings (SSSR count). The van der Waals surface area contributed by atoms with Gasteiger partial charge >= 0.3 is 6.03 Å². The summed E-state index contributed by atoms with van der Waals surface area (Å²) < 4.78 is 26.9. The number of urea groups is 1. The molecule has 1 saturated heterocycles. The summed E-state index contributed by atoms with van der Waals surface area (Å²) in [6.45, 7) is 6.39. The van der Waals surface area contributed by atoms with Crippen LogP contribution in [-0.2, 0) is 35.7 Å². The highest BCUT2D eigenvalue weighted by Crippen LogP contribution is 2.38. The van der Waals surface area contributed by atoms with Gasteiger partial charge in [-0.1, -0.05) is 12.6 Å². The van der Waals surface area contributed by atoms with Crippen molar-refractivity contribution in [3.8, 4) is 0 Å². The molecule has 146 valence electrons. The highest BCUT2D eigenvalue weighted by Gasteiger charge is 2.26. The molecular weight excluding hydrogens is 362 g/mol. The van der Waals surface area contributed by atoms with Gasteiger partial charge < -0.3 is 5.32 Å². The monoisotopic (exact) mass is 389 g/mol. The lowest BCUT2D eigenvalue weighted by atomic mass is 9.99. The molecule has 2 aliphatic carbocycles. The summed E-state index contributed by atoms with van der Waals surface area (Å²) in [5.41, 5.74) is 6.44. The Bertz CT molecular complexity index is 856. The lowest BCUT2D eigenvalue weighted by Gasteiger charge is -2.31. The van der Waals surface area contributed by atoms with E-state index in [1.54, 1.807) is 0 Å². The van der Waals surface area contributed by atoms with Crippen LogP contribution >= 0.6 is 0 Å². The van der Waals surface area contributed by atoms with E-state index in [2.05, 4.69) is 27.6 Å². The zero-order valence-electron chi connectivity index (χ0n) is 15.6. The number of sulfonamides is 1. The van der Waals surface area contributed by atoms with Crippen molar-refractivity contribution < 1.29 is 13.2 Å². The highest BCUT2D eigenvalue weighted by atomic mass is 32.2. The lowest BCUT2D eigenvalue weighted by molar-refractivity contribution is 0.199. The summed E-state index contributed by atoms with van der Waals surface area (Å²) in [5, 5.41) is 2.87. The van der Waals surface area contributed by atoms with Gasteiger partial charge in [-0.15, -0.1) is 0 Å². The van der Waals surface area contributed by atoms with Gasteiger partial charge in [0, 0.05) is 12.2 Å². The lowest BCUT2D eigenvalue weighted by Crippen LogP contribution is -2.41. The van der Waals surface area contributed by atoms with Crippen LogP contribution in [0, 0.1) is 0 Å². The maximum Gasteiger partial charge on any atom is 0.332 e. The number of carbonyl (C=O) groups excluding carboxylic acids is 1. The number of aryl methyl sites for hydroxylation is 2. The molecule has 1 heterocycles. The van der Waals surface area contributed by atoms with Crippen LogP contribution in [0.15, 0.2) is 18.2 Å². The summed E-state index contributed by atoms with van der Waals surface area (Å²) in [5.74, 6) is -0.220. The van der Waals surface area contributed by atoms with E-state index in [-0.39, 0.29) is 5.75 Å². The maximum absolute atomic E-state index is 12.5. The van der Waals surface area contributed by atoms with E-state index in [1.165, 1.54) is 22.3 Å². The van der Waals surface area contributed by atoms with Crippen LogP contribution in [0.4, 0.5) is 10.5 Å². The fraction of sp³-hybridized carbons (Fsp3) is 0.550. The number of carbonyl (C=O) groups is 1. The molecule has 0 radical (unpaired) electrons. The number of likely N-dealkylation sites (tertiary alicyclic amines) is 1. The molecule has 1 fully saturated rings. The highest BCUT2D eigenvalue weighted by molar-refractivity contribution is 7.90. The van der Waals surface area contributed by atoms with E-state index in [9.17, 15) is 13.2 Å². The molecular formula is C20H27N3O3S. The number of hydrogen-bond donors (Lipinski definition) is 2. The molecule has 6 nitrogen and oxygen atoms in total. The van der Waals surface area contributed by atoms with E-state index in [0.717, 1.165) is 63.7 Å². The topological polar surface area (TPSA) is 78.5 Å². The van der Waals surface area contributed by atoms with Crippen LogP contribution in [0.2, 0.25) is 0 Å². The summed E-state index contributed by atoms with van der Waals surface area (Å²) in [6, 6.07) is 1.62. The van der Waals surface area contributed by atoms with Gasteiger partial charge in [-0.3, -0.25) is 4.90 Å². The van der Waals surface area contributed by atoms with E-state index in [4.69, 9.17) is 0 Å². The Kier molecular flexibility index (Phi) is 4.99. The third-order valence-corrected chi connectivity index (χ3v) is 7.03. The molecule has 0 unspecified atom stereocenters. The standard InChI is InChI=1S/C20H27N3O3S/c1-14(12-23-9-4-10-23)13-27(25,26)22-20(24)21-19-17-7-2-5-15(17)11-16-6-3-8-18(16)19/h11H,1-10,12-13H2,(H2,21,22,24). The molecule has 1 aromatic rings. The Morgan fingerprint density at radius 1 is 1.04 bits per heavy atom. The predicted molar refractivity (Wildman–Crippen MR) is 107 cm³/mol. The summed E-state index contributed by atoms with van der Waals surface area (Å²) in [7, 11) is -3.75. The van der Waals surface area contributed by atoms with Crippen LogP contribution in [0.25, 0.3) is 0 Å². The molecule has 1 aromatic carbocycles. The Morgan fingerprint density at radius 2 is 1.67 bits per heavy atom. The van der Waals surface area contributed by atoms with Crippen LogP contribution in [0.5, 0.6) is 0 Å². The van der Waals surface area contributed by atoms with Crippen molar-refractivity contribution in [1.82, 2.24) is 9.62 Å². The first kappa shape index (κ1) is 18.5. The minimum atomic E-state index is -3.75. The summed E-state index contributed by atoms with van der Waals surface area (Å²) >= 11 is 0. The van der Waals surface area contributed by atoms with Crippen molar-refractivity contribution in [2.75, 3.05) is 30.7 Å². The number of fused-ring (bicyclic) bond motifs is 2. The first-order valence-corrected chi connectivity index (χ1v) is 11.4. The Labute approximate surface area is 161 Å². The van der Waals surface area contributed by atoms with Crippen LogP contribution < -0.4 is 10.0 Å². The van der Waals surface area contributed by atoms with Gasteiger partial charge in [-0.2, -0.15) is 0 Å². The number of benzene rings is 1. The molecule has 0 atom stereocenters. The first-order valence-electron chi connectivity index (χ1n) is 9.78. The van der Waals surface area contributed by atoms with Gasteiger partial charge in [0.05, 0.1) is 5.75 Å². The zero-order chi connectivity index (χ0) is 19.0. The third-order valence-electron chi connectivity index (χ3n) is 5.75. The number of nitrogens with zero attached hydrogens (tertiary/aromatic N) is 1. The van der Waals surface area contributed by atoms with Gasteiger partial charge in [0.2, 0.25) is 10.0 Å². The van der Waals surface area contributed by atoms with E-state index in [1.807, 2.05) is 0 Å². The van der Waals surface area contributed by atoms with Crippen molar-refractivity contribution >= 4 is 21.7 Å². The maximum atomic E-state index is 12.5. The number of anilines is 1. The molecule has 7 heteroatoms. The molecule has 0 bridgehead atoms. The second-order valence-corrected chi connectivity index (χ2v) is 9.65. The SMILES string of the molecule is C=C(CN1CCC1)CS(=O)(=O)NC(=O)Nc1c2c(cc3c1CCC3)CCC2. The molecule has 2 amide bonds. The fourth-order valence-corrected chi connectivity index (χ4v) is 5.49. The van der Waals surface area contributed by atoms with Crippen LogP contribution in [0.3, 0.4) is 0 Å². The van der Waals surface area contributed by atoms with Gasteiger partial charge in [-0.05, 0) is 85.9 Å². The molecule has 3 aliphatic rings. The van der Waals surface area contributed by atoms with Gasteiger partial charge in [0.1, 0.15) is 0 Å². The number of nitrogens with one attached hydrogen (secondary N) is 2. The number of hydrogen-bond acceptors (Lipinski definition) is 4. The van der Waals surface area contributed by atoms with Crippen molar-refractivity contribution in [3.05, 3.63) is 40.5 Å². The Hall–Kier alpha value is -1.86. The second kappa shape index (κ2) is 7.28. The van der Waals surface area contributed by atoms with Crippen molar-refractivity contribution in [3.63, 3.8) is 0 Å².